The van der Waals surface area contributed by atoms with Crippen LogP contribution in [-0.2, 0) is 14.3 Å². The normalized spacial score (nSPS) is 11.5. The molecule has 0 aliphatic rings. The number of ketones is 1. The maximum Gasteiger partial charge on any atom is 0.329 e. The van der Waals surface area contributed by atoms with Crippen LogP contribution in [0.5, 0.6) is 0 Å². The fourth-order valence-electron chi connectivity index (χ4n) is 1.80. The summed E-state index contributed by atoms with van der Waals surface area (Å²) in [4.78, 5) is 45.3. The second-order valence-corrected chi connectivity index (χ2v) is 6.43. The number of thioether (sulfide) groups is 1. The van der Waals surface area contributed by atoms with E-state index in [0.717, 1.165) is 12.1 Å². The first-order chi connectivity index (χ1) is 11.8. The molecular formula is C15H17ClN2O6S. The molecule has 0 unspecified atom stereocenters. The molecule has 1 amide bonds. The maximum absolute atomic E-state index is 12.3. The van der Waals surface area contributed by atoms with Crippen molar-refractivity contribution in [2.45, 2.75) is 19.4 Å². The molecule has 0 fully saturated rings. The molecule has 1 rings (SSSR count). The number of ether oxygens (including phenoxy) is 1. The minimum atomic E-state index is -0.953. The Hall–Kier alpha value is -2.13. The van der Waals surface area contributed by atoms with Crippen molar-refractivity contribution < 1.29 is 24.0 Å². The highest BCUT2D eigenvalue weighted by Gasteiger charge is 2.24. The molecule has 0 bridgehead atoms. The number of hydrogen-bond acceptors (Lipinski definition) is 7. The highest BCUT2D eigenvalue weighted by atomic mass is 35.5. The largest absolute Gasteiger partial charge is 0.456 e. The molecular weight excluding hydrogens is 372 g/mol. The summed E-state index contributed by atoms with van der Waals surface area (Å²) in [5.41, 5.74) is -0.248. The van der Waals surface area contributed by atoms with Crippen molar-refractivity contribution in [2.24, 2.45) is 0 Å². The molecule has 0 aromatic heterocycles. The summed E-state index contributed by atoms with van der Waals surface area (Å²) < 4.78 is 4.85. The van der Waals surface area contributed by atoms with Crippen molar-refractivity contribution in [1.29, 1.82) is 0 Å². The number of Topliss-reactive ketones (excluding diaryl/α,β-unsaturated/α-hetero) is 1. The summed E-state index contributed by atoms with van der Waals surface area (Å²) in [6, 6.07) is 2.46. The smallest absolute Gasteiger partial charge is 0.329 e. The fraction of sp³-hybridized carbons (Fsp3) is 0.400. The number of halogens is 1. The van der Waals surface area contributed by atoms with Crippen molar-refractivity contribution in [1.82, 2.24) is 5.32 Å². The molecule has 1 N–H and O–H groups in total. The summed E-state index contributed by atoms with van der Waals surface area (Å²) in [6.45, 7) is 0.905. The van der Waals surface area contributed by atoms with Crippen LogP contribution in [0.3, 0.4) is 0 Å². The third kappa shape index (κ3) is 6.71. The van der Waals surface area contributed by atoms with Crippen LogP contribution in [0.15, 0.2) is 18.2 Å². The monoisotopic (exact) mass is 388 g/mol. The number of amides is 1. The third-order valence-electron chi connectivity index (χ3n) is 3.03. The van der Waals surface area contributed by atoms with Gasteiger partial charge in [0.05, 0.1) is 15.5 Å². The van der Waals surface area contributed by atoms with E-state index in [4.69, 9.17) is 16.3 Å². The van der Waals surface area contributed by atoms with Gasteiger partial charge in [-0.1, -0.05) is 11.6 Å². The van der Waals surface area contributed by atoms with E-state index in [1.807, 2.05) is 6.26 Å². The third-order valence-corrected chi connectivity index (χ3v) is 3.98. The van der Waals surface area contributed by atoms with Crippen molar-refractivity contribution in [3.63, 3.8) is 0 Å². The predicted molar refractivity (Wildman–Crippen MR) is 94.0 cm³/mol. The lowest BCUT2D eigenvalue weighted by Gasteiger charge is -2.17. The SMILES string of the molecule is CSCC[C@H](NC(=O)c1ccc([N+](=O)[O-])cc1Cl)C(=O)OCC(C)=O. The molecule has 0 aliphatic carbocycles. The second kappa shape index (κ2) is 10.00. The molecule has 0 saturated carbocycles. The van der Waals surface area contributed by atoms with Gasteiger partial charge in [-0.15, -0.1) is 0 Å². The number of hydrogen-bond donors (Lipinski definition) is 1. The molecule has 136 valence electrons. The average Bonchev–Trinajstić information content (AvgIpc) is 2.55. The van der Waals surface area contributed by atoms with Gasteiger partial charge in [-0.25, -0.2) is 4.79 Å². The lowest BCUT2D eigenvalue weighted by atomic mass is 10.1. The lowest BCUT2D eigenvalue weighted by Crippen LogP contribution is -2.42. The van der Waals surface area contributed by atoms with E-state index < -0.39 is 22.8 Å². The molecule has 1 atom stereocenters. The Bertz CT molecular complexity index is 682. The maximum atomic E-state index is 12.3. The van der Waals surface area contributed by atoms with Gasteiger partial charge in [0.15, 0.2) is 5.78 Å². The van der Waals surface area contributed by atoms with E-state index in [-0.39, 0.29) is 28.7 Å². The number of nitro benzene ring substituents is 1. The van der Waals surface area contributed by atoms with Crippen LogP contribution in [0.1, 0.15) is 23.7 Å². The highest BCUT2D eigenvalue weighted by molar-refractivity contribution is 7.98. The molecule has 0 aliphatic heterocycles. The molecule has 25 heavy (non-hydrogen) atoms. The van der Waals surface area contributed by atoms with E-state index in [9.17, 15) is 24.5 Å². The Morgan fingerprint density at radius 3 is 2.60 bits per heavy atom. The Balaban J connectivity index is 2.88. The molecule has 8 nitrogen and oxygen atoms in total. The molecule has 0 saturated heterocycles. The molecule has 0 radical (unpaired) electrons. The van der Waals surface area contributed by atoms with Gasteiger partial charge in [-0.3, -0.25) is 19.7 Å². The van der Waals surface area contributed by atoms with E-state index in [2.05, 4.69) is 5.32 Å². The summed E-state index contributed by atoms with van der Waals surface area (Å²) in [6.07, 6.45) is 2.14. The van der Waals surface area contributed by atoms with Crippen LogP contribution in [0.4, 0.5) is 5.69 Å². The minimum absolute atomic E-state index is 0.000728. The number of nitro groups is 1. The van der Waals surface area contributed by atoms with Crippen molar-refractivity contribution >= 4 is 46.7 Å². The molecule has 0 spiro atoms. The number of carbonyl (C=O) groups is 3. The highest BCUT2D eigenvalue weighted by Crippen LogP contribution is 2.22. The quantitative estimate of drug-likeness (QED) is 0.391. The zero-order chi connectivity index (χ0) is 19.0. The van der Waals surface area contributed by atoms with Crippen LogP contribution in [-0.4, -0.2) is 47.2 Å². The Morgan fingerprint density at radius 1 is 1.40 bits per heavy atom. The van der Waals surface area contributed by atoms with Gasteiger partial charge in [0.2, 0.25) is 0 Å². The Kier molecular flexibility index (Phi) is 8.36. The number of nitrogens with zero attached hydrogens (tertiary/aromatic N) is 1. The van der Waals surface area contributed by atoms with Gasteiger partial charge in [-0.05, 0) is 31.4 Å². The number of carbonyl (C=O) groups excluding carboxylic acids is 3. The van der Waals surface area contributed by atoms with Crippen LogP contribution < -0.4 is 5.32 Å². The number of benzene rings is 1. The van der Waals surface area contributed by atoms with Crippen molar-refractivity contribution in [3.05, 3.63) is 38.9 Å². The van der Waals surface area contributed by atoms with Gasteiger partial charge in [-0.2, -0.15) is 11.8 Å². The van der Waals surface area contributed by atoms with Crippen molar-refractivity contribution in [3.8, 4) is 0 Å². The average molecular weight is 389 g/mol. The molecule has 10 heteroatoms. The molecule has 1 aromatic rings. The summed E-state index contributed by atoms with van der Waals surface area (Å²) >= 11 is 7.38. The minimum Gasteiger partial charge on any atom is -0.456 e. The van der Waals surface area contributed by atoms with Gasteiger partial charge in [0.25, 0.3) is 11.6 Å². The topological polar surface area (TPSA) is 116 Å². The van der Waals surface area contributed by atoms with E-state index in [1.165, 1.54) is 24.8 Å². The zero-order valence-electron chi connectivity index (χ0n) is 13.6. The molecule has 1 aromatic carbocycles. The standard InChI is InChI=1S/C15H17ClN2O6S/c1-9(19)8-24-15(21)13(5-6-25-2)17-14(20)11-4-3-10(18(22)23)7-12(11)16/h3-4,7,13H,5-6,8H2,1-2H3,(H,17,20)/t13-/m0/s1. The van der Waals surface area contributed by atoms with Gasteiger partial charge < -0.3 is 10.1 Å². The summed E-state index contributed by atoms with van der Waals surface area (Å²) in [7, 11) is 0. The Labute approximate surface area is 153 Å². The first-order valence-corrected chi connectivity index (χ1v) is 8.93. The van der Waals surface area contributed by atoms with Gasteiger partial charge in [0, 0.05) is 12.1 Å². The molecule has 0 heterocycles. The number of esters is 1. The number of nitrogens with one attached hydrogen (secondary N) is 1. The van der Waals surface area contributed by atoms with Crippen LogP contribution >= 0.6 is 23.4 Å². The number of rotatable bonds is 9. The first-order valence-electron chi connectivity index (χ1n) is 7.16. The van der Waals surface area contributed by atoms with Crippen LogP contribution in [0.2, 0.25) is 5.02 Å². The van der Waals surface area contributed by atoms with Gasteiger partial charge >= 0.3 is 5.97 Å². The first kappa shape index (κ1) is 20.9. The predicted octanol–water partition coefficient (Wildman–Crippen LogP) is 2.23. The van der Waals surface area contributed by atoms with Crippen LogP contribution in [0, 0.1) is 10.1 Å². The van der Waals surface area contributed by atoms with Crippen LogP contribution in [0.25, 0.3) is 0 Å². The summed E-state index contributed by atoms with van der Waals surface area (Å²) in [5, 5.41) is 13.1. The zero-order valence-corrected chi connectivity index (χ0v) is 15.2. The van der Waals surface area contributed by atoms with Gasteiger partial charge in [0.1, 0.15) is 12.6 Å². The van der Waals surface area contributed by atoms with E-state index in [1.54, 1.807) is 0 Å². The van der Waals surface area contributed by atoms with Crippen molar-refractivity contribution in [2.75, 3.05) is 18.6 Å². The fourth-order valence-corrected chi connectivity index (χ4v) is 2.53. The lowest BCUT2D eigenvalue weighted by molar-refractivity contribution is -0.384. The van der Waals surface area contributed by atoms with E-state index in [0.29, 0.717) is 12.2 Å². The van der Waals surface area contributed by atoms with E-state index >= 15 is 0 Å². The number of non-ortho nitro benzene ring substituents is 1. The Morgan fingerprint density at radius 2 is 2.08 bits per heavy atom. The second-order valence-electron chi connectivity index (χ2n) is 5.04. The summed E-state index contributed by atoms with van der Waals surface area (Å²) in [5.74, 6) is -1.13.